The summed E-state index contributed by atoms with van der Waals surface area (Å²) in [5, 5.41) is 3.54. The van der Waals surface area contributed by atoms with Gasteiger partial charge in [0, 0.05) is 6.42 Å². The van der Waals surface area contributed by atoms with Gasteiger partial charge in [0.1, 0.15) is 6.29 Å². The van der Waals surface area contributed by atoms with E-state index in [0.717, 1.165) is 25.7 Å². The molecular weight excluding hydrogens is 270 g/mol. The standard InChI is InChI=1S/C20H41NO/c1-2-3-4-5-6-7-8-9-10-12-15-18-21-19-16-13-11-14-17-20-22/h20-21H,2-19H2,1H3. The van der Waals surface area contributed by atoms with E-state index in [4.69, 9.17) is 0 Å². The molecule has 0 aromatic heterocycles. The average molecular weight is 312 g/mol. The highest BCUT2D eigenvalue weighted by molar-refractivity contribution is 5.48. The van der Waals surface area contributed by atoms with Crippen molar-refractivity contribution in [3.63, 3.8) is 0 Å². The molecule has 0 saturated carbocycles. The Morgan fingerprint density at radius 3 is 1.45 bits per heavy atom. The zero-order chi connectivity index (χ0) is 16.1. The summed E-state index contributed by atoms with van der Waals surface area (Å²) in [7, 11) is 0. The van der Waals surface area contributed by atoms with E-state index in [0.29, 0.717) is 0 Å². The molecule has 0 atom stereocenters. The SMILES string of the molecule is CCCCCCCCCCCCCNCCCCCCC=O. The maximum atomic E-state index is 10.2. The molecule has 0 rings (SSSR count). The lowest BCUT2D eigenvalue weighted by Crippen LogP contribution is -2.16. The van der Waals surface area contributed by atoms with Gasteiger partial charge in [0.15, 0.2) is 0 Å². The molecule has 0 amide bonds. The lowest BCUT2D eigenvalue weighted by molar-refractivity contribution is -0.107. The molecule has 0 aromatic rings. The van der Waals surface area contributed by atoms with Crippen LogP contribution >= 0.6 is 0 Å². The van der Waals surface area contributed by atoms with Crippen LogP contribution in [0.3, 0.4) is 0 Å². The minimum Gasteiger partial charge on any atom is -0.317 e. The van der Waals surface area contributed by atoms with Crippen molar-refractivity contribution in [3.8, 4) is 0 Å². The lowest BCUT2D eigenvalue weighted by Gasteiger charge is -2.05. The van der Waals surface area contributed by atoms with Gasteiger partial charge in [-0.3, -0.25) is 0 Å². The number of rotatable bonds is 19. The highest BCUT2D eigenvalue weighted by atomic mass is 16.1. The summed E-state index contributed by atoms with van der Waals surface area (Å²) in [5.74, 6) is 0. The fraction of sp³-hybridized carbons (Fsp3) is 0.950. The second-order valence-electron chi connectivity index (χ2n) is 6.66. The third kappa shape index (κ3) is 19.6. The van der Waals surface area contributed by atoms with Crippen LogP contribution in [0, 0.1) is 0 Å². The minimum atomic E-state index is 0.742. The Kier molecular flexibility index (Phi) is 20.3. The molecule has 0 saturated heterocycles. The maximum absolute atomic E-state index is 10.2. The van der Waals surface area contributed by atoms with Crippen molar-refractivity contribution < 1.29 is 4.79 Å². The predicted molar refractivity (Wildman–Crippen MR) is 98.5 cm³/mol. The van der Waals surface area contributed by atoms with Crippen molar-refractivity contribution in [2.45, 2.75) is 110 Å². The highest BCUT2D eigenvalue weighted by Gasteiger charge is 1.94. The average Bonchev–Trinajstić information content (AvgIpc) is 2.54. The van der Waals surface area contributed by atoms with E-state index in [2.05, 4.69) is 12.2 Å². The van der Waals surface area contributed by atoms with Gasteiger partial charge in [-0.2, -0.15) is 0 Å². The van der Waals surface area contributed by atoms with Crippen LogP contribution in [0.4, 0.5) is 0 Å². The van der Waals surface area contributed by atoms with E-state index in [1.54, 1.807) is 0 Å². The van der Waals surface area contributed by atoms with Crippen LogP contribution in [0.15, 0.2) is 0 Å². The zero-order valence-electron chi connectivity index (χ0n) is 15.2. The molecule has 2 heteroatoms. The maximum Gasteiger partial charge on any atom is 0.119 e. The predicted octanol–water partition coefficient (Wildman–Crippen LogP) is 6.04. The van der Waals surface area contributed by atoms with Crippen LogP contribution in [0.5, 0.6) is 0 Å². The number of aldehydes is 1. The van der Waals surface area contributed by atoms with E-state index < -0.39 is 0 Å². The Hall–Kier alpha value is -0.370. The van der Waals surface area contributed by atoms with Crippen LogP contribution < -0.4 is 5.32 Å². The van der Waals surface area contributed by atoms with Gasteiger partial charge in [-0.25, -0.2) is 0 Å². The van der Waals surface area contributed by atoms with E-state index in [1.165, 1.54) is 96.4 Å². The summed E-state index contributed by atoms with van der Waals surface area (Å²) in [4.78, 5) is 10.2. The third-order valence-corrected chi connectivity index (χ3v) is 4.38. The van der Waals surface area contributed by atoms with Crippen molar-refractivity contribution >= 4 is 6.29 Å². The topological polar surface area (TPSA) is 29.1 Å². The summed E-state index contributed by atoms with van der Waals surface area (Å²) in [5.41, 5.74) is 0. The molecule has 0 radical (unpaired) electrons. The number of carbonyl (C=O) groups is 1. The first-order valence-electron chi connectivity index (χ1n) is 10.1. The molecule has 0 aliphatic rings. The van der Waals surface area contributed by atoms with Gasteiger partial charge < -0.3 is 10.1 Å². The summed E-state index contributed by atoms with van der Waals surface area (Å²) in [6.45, 7) is 4.62. The molecule has 0 unspecified atom stereocenters. The number of hydrogen-bond donors (Lipinski definition) is 1. The molecular formula is C20H41NO. The Balaban J connectivity index is 2.92. The molecule has 0 aromatic carbocycles. The Morgan fingerprint density at radius 1 is 0.591 bits per heavy atom. The van der Waals surface area contributed by atoms with E-state index in [-0.39, 0.29) is 0 Å². The highest BCUT2D eigenvalue weighted by Crippen LogP contribution is 2.11. The fourth-order valence-corrected chi connectivity index (χ4v) is 2.87. The smallest absolute Gasteiger partial charge is 0.119 e. The van der Waals surface area contributed by atoms with Crippen molar-refractivity contribution in [2.24, 2.45) is 0 Å². The first kappa shape index (κ1) is 21.6. The van der Waals surface area contributed by atoms with Crippen molar-refractivity contribution in [2.75, 3.05) is 13.1 Å². The monoisotopic (exact) mass is 311 g/mol. The van der Waals surface area contributed by atoms with Crippen molar-refractivity contribution in [3.05, 3.63) is 0 Å². The van der Waals surface area contributed by atoms with Crippen LogP contribution in [0.2, 0.25) is 0 Å². The molecule has 22 heavy (non-hydrogen) atoms. The molecule has 0 aliphatic carbocycles. The van der Waals surface area contributed by atoms with Crippen LogP contribution in [0.1, 0.15) is 110 Å². The summed E-state index contributed by atoms with van der Waals surface area (Å²) in [6, 6.07) is 0. The van der Waals surface area contributed by atoms with Crippen LogP contribution in [-0.2, 0) is 4.79 Å². The van der Waals surface area contributed by atoms with Gasteiger partial charge in [0.2, 0.25) is 0 Å². The number of nitrogens with one attached hydrogen (secondary N) is 1. The number of unbranched alkanes of at least 4 members (excludes halogenated alkanes) is 14. The minimum absolute atomic E-state index is 0.742. The summed E-state index contributed by atoms with van der Waals surface area (Å²) in [6.07, 6.45) is 22.2. The molecule has 0 bridgehead atoms. The second kappa shape index (κ2) is 20.6. The Morgan fingerprint density at radius 2 is 1.00 bits per heavy atom. The van der Waals surface area contributed by atoms with Crippen molar-refractivity contribution in [1.29, 1.82) is 0 Å². The number of carbonyl (C=O) groups excluding carboxylic acids is 1. The third-order valence-electron chi connectivity index (χ3n) is 4.38. The summed E-state index contributed by atoms with van der Waals surface area (Å²) >= 11 is 0. The van der Waals surface area contributed by atoms with Gasteiger partial charge in [0.25, 0.3) is 0 Å². The van der Waals surface area contributed by atoms with Gasteiger partial charge in [-0.15, -0.1) is 0 Å². The van der Waals surface area contributed by atoms with Crippen LogP contribution in [0.25, 0.3) is 0 Å². The van der Waals surface area contributed by atoms with E-state index >= 15 is 0 Å². The van der Waals surface area contributed by atoms with Gasteiger partial charge >= 0.3 is 0 Å². The Labute approximate surface area is 139 Å². The largest absolute Gasteiger partial charge is 0.317 e. The van der Waals surface area contributed by atoms with Gasteiger partial charge in [-0.1, -0.05) is 84.0 Å². The molecule has 2 nitrogen and oxygen atoms in total. The van der Waals surface area contributed by atoms with Crippen LogP contribution in [-0.4, -0.2) is 19.4 Å². The van der Waals surface area contributed by atoms with Gasteiger partial charge in [0.05, 0.1) is 0 Å². The molecule has 0 aliphatic heterocycles. The van der Waals surface area contributed by atoms with Crippen molar-refractivity contribution in [1.82, 2.24) is 5.32 Å². The Bertz CT molecular complexity index is 206. The fourth-order valence-electron chi connectivity index (χ4n) is 2.87. The molecule has 0 heterocycles. The van der Waals surface area contributed by atoms with E-state index in [9.17, 15) is 4.79 Å². The summed E-state index contributed by atoms with van der Waals surface area (Å²) < 4.78 is 0. The van der Waals surface area contributed by atoms with Gasteiger partial charge in [-0.05, 0) is 32.4 Å². The van der Waals surface area contributed by atoms with E-state index in [1.807, 2.05) is 0 Å². The molecule has 1 N–H and O–H groups in total. The lowest BCUT2D eigenvalue weighted by atomic mass is 10.1. The first-order chi connectivity index (χ1) is 10.9. The normalized spacial score (nSPS) is 11.0. The quantitative estimate of drug-likeness (QED) is 0.233. The zero-order valence-corrected chi connectivity index (χ0v) is 15.2. The molecule has 0 spiro atoms. The number of hydrogen-bond acceptors (Lipinski definition) is 2. The molecule has 132 valence electrons. The second-order valence-corrected chi connectivity index (χ2v) is 6.66. The molecule has 0 fully saturated rings. The first-order valence-corrected chi connectivity index (χ1v) is 10.1.